The fraction of sp³-hybridized carbons (Fsp3) is 0.583. The van der Waals surface area contributed by atoms with Crippen LogP contribution < -0.4 is 11.1 Å². The van der Waals surface area contributed by atoms with Crippen LogP contribution in [0.4, 0.5) is 0 Å². The lowest BCUT2D eigenvalue weighted by atomic mass is 10.0. The molecule has 0 aliphatic rings. The molecule has 0 aliphatic heterocycles. The molecule has 1 rings (SSSR count). The summed E-state index contributed by atoms with van der Waals surface area (Å²) in [4.78, 5) is 12.0. The van der Waals surface area contributed by atoms with Gasteiger partial charge in [0.05, 0.1) is 17.0 Å². The van der Waals surface area contributed by atoms with Crippen LogP contribution in [0.1, 0.15) is 35.6 Å². The zero-order valence-corrected chi connectivity index (χ0v) is 10.8. The van der Waals surface area contributed by atoms with Gasteiger partial charge in [0.15, 0.2) is 0 Å². The molecule has 5 heteroatoms. The fourth-order valence-electron chi connectivity index (χ4n) is 1.41. The van der Waals surface area contributed by atoms with E-state index in [1.807, 2.05) is 20.8 Å². The number of aryl methyl sites for hydroxylation is 2. The van der Waals surface area contributed by atoms with Gasteiger partial charge in [-0.3, -0.25) is 4.79 Å². The first-order valence-corrected chi connectivity index (χ1v) is 5.77. The van der Waals surface area contributed by atoms with Crippen molar-refractivity contribution in [1.29, 1.82) is 0 Å². The molecule has 1 aromatic heterocycles. The summed E-state index contributed by atoms with van der Waals surface area (Å²) in [6.45, 7) is 8.10. The summed E-state index contributed by atoms with van der Waals surface area (Å²) in [5.41, 5.74) is 7.52. The average Bonchev–Trinajstić information content (AvgIpc) is 2.30. The minimum absolute atomic E-state index is 0.0420. The van der Waals surface area contributed by atoms with Gasteiger partial charge in [0.25, 0.3) is 5.91 Å². The normalized spacial score (nSPS) is 14.2. The summed E-state index contributed by atoms with van der Waals surface area (Å²) in [5.74, 6) is 0.128. The van der Waals surface area contributed by atoms with Crippen LogP contribution in [0.5, 0.6) is 0 Å². The number of hydrogen-bond acceptors (Lipinski definition) is 4. The van der Waals surface area contributed by atoms with Crippen molar-refractivity contribution in [3.05, 3.63) is 23.0 Å². The van der Waals surface area contributed by atoms with Crippen molar-refractivity contribution in [1.82, 2.24) is 15.5 Å². The van der Waals surface area contributed by atoms with Crippen molar-refractivity contribution < 1.29 is 4.79 Å². The molecule has 17 heavy (non-hydrogen) atoms. The molecule has 5 nitrogen and oxygen atoms in total. The van der Waals surface area contributed by atoms with Gasteiger partial charge in [0.1, 0.15) is 0 Å². The average molecular weight is 236 g/mol. The van der Waals surface area contributed by atoms with E-state index in [9.17, 15) is 4.79 Å². The largest absolute Gasteiger partial charge is 0.349 e. The summed E-state index contributed by atoms with van der Waals surface area (Å²) in [7, 11) is 0. The highest BCUT2D eigenvalue weighted by Crippen LogP contribution is 2.07. The highest BCUT2D eigenvalue weighted by Gasteiger charge is 2.16. The lowest BCUT2D eigenvalue weighted by Gasteiger charge is -2.20. The van der Waals surface area contributed by atoms with Crippen molar-refractivity contribution in [2.45, 2.75) is 33.7 Å². The second-order valence-corrected chi connectivity index (χ2v) is 4.46. The molecule has 0 saturated heterocycles. The summed E-state index contributed by atoms with van der Waals surface area (Å²) in [6.07, 6.45) is 0. The lowest BCUT2D eigenvalue weighted by Crippen LogP contribution is -2.40. The van der Waals surface area contributed by atoms with Gasteiger partial charge < -0.3 is 11.1 Å². The van der Waals surface area contributed by atoms with Crippen molar-refractivity contribution >= 4 is 5.91 Å². The number of rotatable bonds is 4. The van der Waals surface area contributed by atoms with Gasteiger partial charge in [-0.1, -0.05) is 6.92 Å². The fourth-order valence-corrected chi connectivity index (χ4v) is 1.41. The SMILES string of the molecule is Cc1cc(C(=O)NC(C)C(C)CN)c(C)nn1. The molecule has 0 bridgehead atoms. The van der Waals surface area contributed by atoms with Gasteiger partial charge >= 0.3 is 0 Å². The lowest BCUT2D eigenvalue weighted by molar-refractivity contribution is 0.0928. The Bertz CT molecular complexity index is 405. The van der Waals surface area contributed by atoms with Gasteiger partial charge in [0, 0.05) is 6.04 Å². The van der Waals surface area contributed by atoms with Gasteiger partial charge in [-0.15, -0.1) is 0 Å². The molecule has 0 aromatic carbocycles. The predicted octanol–water partition coefficient (Wildman–Crippen LogP) is 0.807. The first-order chi connectivity index (χ1) is 7.95. The topological polar surface area (TPSA) is 80.9 Å². The van der Waals surface area contributed by atoms with Crippen LogP contribution in [0.25, 0.3) is 0 Å². The third-order valence-electron chi connectivity index (χ3n) is 2.93. The Morgan fingerprint density at radius 3 is 2.65 bits per heavy atom. The summed E-state index contributed by atoms with van der Waals surface area (Å²) in [5, 5.41) is 10.8. The standard InChI is InChI=1S/C12H20N4O/c1-7(6-13)9(3)14-12(17)11-5-8(2)15-16-10(11)4/h5,7,9H,6,13H2,1-4H3,(H,14,17). The smallest absolute Gasteiger partial charge is 0.253 e. The molecule has 0 saturated carbocycles. The van der Waals surface area contributed by atoms with E-state index in [4.69, 9.17) is 5.73 Å². The Kier molecular flexibility index (Phi) is 4.57. The minimum atomic E-state index is -0.117. The monoisotopic (exact) mass is 236 g/mol. The van der Waals surface area contributed by atoms with E-state index in [0.717, 1.165) is 5.69 Å². The molecule has 0 aliphatic carbocycles. The van der Waals surface area contributed by atoms with Crippen LogP contribution in [-0.2, 0) is 0 Å². The van der Waals surface area contributed by atoms with E-state index in [0.29, 0.717) is 17.8 Å². The van der Waals surface area contributed by atoms with E-state index < -0.39 is 0 Å². The van der Waals surface area contributed by atoms with Gasteiger partial charge in [-0.25, -0.2) is 0 Å². The summed E-state index contributed by atoms with van der Waals surface area (Å²) >= 11 is 0. The van der Waals surface area contributed by atoms with E-state index in [1.54, 1.807) is 13.0 Å². The van der Waals surface area contributed by atoms with Gasteiger partial charge in [-0.2, -0.15) is 10.2 Å². The zero-order valence-electron chi connectivity index (χ0n) is 10.8. The van der Waals surface area contributed by atoms with Crippen LogP contribution in [0.15, 0.2) is 6.07 Å². The van der Waals surface area contributed by atoms with Crippen molar-refractivity contribution in [2.24, 2.45) is 11.7 Å². The molecule has 2 atom stereocenters. The van der Waals surface area contributed by atoms with Gasteiger partial charge in [0.2, 0.25) is 0 Å². The molecule has 1 amide bonds. The van der Waals surface area contributed by atoms with Crippen molar-refractivity contribution in [2.75, 3.05) is 6.54 Å². The molecule has 0 radical (unpaired) electrons. The van der Waals surface area contributed by atoms with Crippen LogP contribution >= 0.6 is 0 Å². The number of nitrogens with zero attached hydrogens (tertiary/aromatic N) is 2. The number of nitrogens with two attached hydrogens (primary N) is 1. The quantitative estimate of drug-likeness (QED) is 0.810. The second kappa shape index (κ2) is 5.72. The minimum Gasteiger partial charge on any atom is -0.349 e. The van der Waals surface area contributed by atoms with Crippen LogP contribution in [0, 0.1) is 19.8 Å². The van der Waals surface area contributed by atoms with Crippen LogP contribution in [-0.4, -0.2) is 28.7 Å². The molecule has 1 aromatic rings. The predicted molar refractivity (Wildman–Crippen MR) is 66.7 cm³/mol. The Hall–Kier alpha value is -1.49. The Labute approximate surface area is 102 Å². The number of aromatic nitrogens is 2. The summed E-state index contributed by atoms with van der Waals surface area (Å²) in [6, 6.07) is 1.79. The van der Waals surface area contributed by atoms with Crippen molar-refractivity contribution in [3.63, 3.8) is 0 Å². The number of carbonyl (C=O) groups is 1. The third-order valence-corrected chi connectivity index (χ3v) is 2.93. The van der Waals surface area contributed by atoms with Crippen LogP contribution in [0.2, 0.25) is 0 Å². The zero-order chi connectivity index (χ0) is 13.0. The molecule has 1 heterocycles. The molecule has 0 fully saturated rings. The van der Waals surface area contributed by atoms with E-state index in [-0.39, 0.29) is 17.9 Å². The molecule has 2 unspecified atom stereocenters. The molecule has 94 valence electrons. The van der Waals surface area contributed by atoms with Gasteiger partial charge in [-0.05, 0) is 39.3 Å². The molecule has 3 N–H and O–H groups in total. The van der Waals surface area contributed by atoms with E-state index in [2.05, 4.69) is 15.5 Å². The molecular formula is C12H20N4O. The summed E-state index contributed by atoms with van der Waals surface area (Å²) < 4.78 is 0. The number of nitrogens with one attached hydrogen (secondary N) is 1. The van der Waals surface area contributed by atoms with Crippen LogP contribution in [0.3, 0.4) is 0 Å². The highest BCUT2D eigenvalue weighted by atomic mass is 16.1. The maximum absolute atomic E-state index is 12.0. The Morgan fingerprint density at radius 1 is 1.41 bits per heavy atom. The number of amides is 1. The molecular weight excluding hydrogens is 216 g/mol. The highest BCUT2D eigenvalue weighted by molar-refractivity contribution is 5.95. The third kappa shape index (κ3) is 3.49. The number of hydrogen-bond donors (Lipinski definition) is 2. The number of carbonyl (C=O) groups excluding carboxylic acids is 1. The van der Waals surface area contributed by atoms with E-state index in [1.165, 1.54) is 0 Å². The van der Waals surface area contributed by atoms with Crippen molar-refractivity contribution in [3.8, 4) is 0 Å². The Balaban J connectivity index is 2.79. The first kappa shape index (κ1) is 13.6. The maximum Gasteiger partial charge on any atom is 0.253 e. The van der Waals surface area contributed by atoms with E-state index >= 15 is 0 Å². The Morgan fingerprint density at radius 2 is 2.06 bits per heavy atom. The maximum atomic E-state index is 12.0. The molecule has 0 spiro atoms. The first-order valence-electron chi connectivity index (χ1n) is 5.77. The second-order valence-electron chi connectivity index (χ2n) is 4.46.